The molecule has 1 atom stereocenters. The lowest BCUT2D eigenvalue weighted by molar-refractivity contribution is 0.322. The van der Waals surface area contributed by atoms with Gasteiger partial charge in [0, 0.05) is 0 Å². The average Bonchev–Trinajstić information content (AvgIpc) is 2.16. The molecule has 3 nitrogen and oxygen atoms in total. The third kappa shape index (κ3) is 1.82. The molecule has 0 aliphatic carbocycles. The van der Waals surface area contributed by atoms with Crippen molar-refractivity contribution in [3.8, 4) is 5.75 Å². The van der Waals surface area contributed by atoms with Gasteiger partial charge in [-0.25, -0.2) is 13.0 Å². The van der Waals surface area contributed by atoms with E-state index >= 15 is 0 Å². The van der Waals surface area contributed by atoms with Gasteiger partial charge in [0.1, 0.15) is 4.90 Å². The van der Waals surface area contributed by atoms with Gasteiger partial charge in [0.15, 0.2) is 28.5 Å². The molecule has 1 N–H and O–H groups in total. The summed E-state index contributed by atoms with van der Waals surface area (Å²) in [4.78, 5) is -1.58. The summed E-state index contributed by atoms with van der Waals surface area (Å²) in [7, 11) is 0.802. The molecular weight excluding hydrogens is 240 g/mol. The van der Waals surface area contributed by atoms with Crippen molar-refractivity contribution in [1.29, 1.82) is 0 Å². The zero-order valence-electron chi connectivity index (χ0n) is 7.18. The highest BCUT2D eigenvalue weighted by atomic mass is 32.2. The highest BCUT2D eigenvalue weighted by Gasteiger charge is 2.28. The Morgan fingerprint density at radius 2 is 1.47 bits per heavy atom. The second-order valence-electron chi connectivity index (χ2n) is 2.37. The maximum atomic E-state index is 12.9. The van der Waals surface area contributed by atoms with Gasteiger partial charge < -0.3 is 9.29 Å². The SMILES string of the molecule is COc1c(F)c(F)c(S(=O)O)c(F)c1F. The molecule has 0 aromatic heterocycles. The van der Waals surface area contributed by atoms with Crippen LogP contribution in [0, 0.1) is 23.3 Å². The van der Waals surface area contributed by atoms with Crippen molar-refractivity contribution >= 4 is 11.1 Å². The number of halogens is 4. The molecular formula is C7H4F4O3S. The first-order valence-electron chi connectivity index (χ1n) is 3.42. The Bertz CT molecular complexity index is 406. The average molecular weight is 244 g/mol. The van der Waals surface area contributed by atoms with Gasteiger partial charge in [-0.3, -0.25) is 0 Å². The quantitative estimate of drug-likeness (QED) is 0.490. The van der Waals surface area contributed by atoms with Gasteiger partial charge in [0.25, 0.3) is 0 Å². The lowest BCUT2D eigenvalue weighted by atomic mass is 10.3. The van der Waals surface area contributed by atoms with E-state index in [2.05, 4.69) is 4.74 Å². The molecule has 0 saturated heterocycles. The van der Waals surface area contributed by atoms with E-state index in [9.17, 15) is 21.8 Å². The lowest BCUT2D eigenvalue weighted by Gasteiger charge is -2.07. The molecule has 0 saturated carbocycles. The summed E-state index contributed by atoms with van der Waals surface area (Å²) >= 11 is -3.17. The lowest BCUT2D eigenvalue weighted by Crippen LogP contribution is -2.07. The molecule has 0 spiro atoms. The monoisotopic (exact) mass is 244 g/mol. The highest BCUT2D eigenvalue weighted by molar-refractivity contribution is 7.79. The normalized spacial score (nSPS) is 12.7. The van der Waals surface area contributed by atoms with Crippen molar-refractivity contribution in [3.63, 3.8) is 0 Å². The number of hydrogen-bond acceptors (Lipinski definition) is 2. The van der Waals surface area contributed by atoms with Crippen LogP contribution in [0.3, 0.4) is 0 Å². The molecule has 0 aliphatic heterocycles. The summed E-state index contributed by atoms with van der Waals surface area (Å²) < 4.78 is 74.6. The highest BCUT2D eigenvalue weighted by Crippen LogP contribution is 2.30. The Hall–Kier alpha value is -1.15. The van der Waals surface area contributed by atoms with Crippen molar-refractivity contribution in [3.05, 3.63) is 23.3 Å². The van der Waals surface area contributed by atoms with Gasteiger partial charge in [-0.05, 0) is 0 Å². The van der Waals surface area contributed by atoms with Crippen LogP contribution in [0.2, 0.25) is 0 Å². The maximum Gasteiger partial charge on any atom is 0.205 e. The zero-order valence-corrected chi connectivity index (χ0v) is 8.00. The van der Waals surface area contributed by atoms with Crippen molar-refractivity contribution in [2.75, 3.05) is 7.11 Å². The molecule has 1 aromatic rings. The summed E-state index contributed by atoms with van der Waals surface area (Å²) in [6.07, 6.45) is 0. The Labute approximate surface area is 83.9 Å². The van der Waals surface area contributed by atoms with Crippen LogP contribution in [-0.2, 0) is 11.1 Å². The second-order valence-corrected chi connectivity index (χ2v) is 3.27. The Morgan fingerprint density at radius 3 is 1.73 bits per heavy atom. The summed E-state index contributed by atoms with van der Waals surface area (Å²) in [5, 5.41) is 0. The fourth-order valence-corrected chi connectivity index (χ4v) is 1.41. The number of benzene rings is 1. The summed E-state index contributed by atoms with van der Waals surface area (Å²) in [5.74, 6) is -8.89. The zero-order chi connectivity index (χ0) is 11.7. The van der Waals surface area contributed by atoms with E-state index in [1.165, 1.54) is 0 Å². The van der Waals surface area contributed by atoms with E-state index < -0.39 is 45.0 Å². The van der Waals surface area contributed by atoms with Crippen LogP contribution in [0.25, 0.3) is 0 Å². The molecule has 0 amide bonds. The van der Waals surface area contributed by atoms with E-state index in [1.807, 2.05) is 0 Å². The predicted molar refractivity (Wildman–Crippen MR) is 41.9 cm³/mol. The first-order chi connectivity index (χ1) is 6.91. The van der Waals surface area contributed by atoms with Crippen LogP contribution in [0.15, 0.2) is 4.90 Å². The summed E-state index contributed by atoms with van der Waals surface area (Å²) in [6.45, 7) is 0. The van der Waals surface area contributed by atoms with E-state index in [4.69, 9.17) is 4.55 Å². The Kier molecular flexibility index (Phi) is 3.30. The third-order valence-electron chi connectivity index (χ3n) is 1.56. The van der Waals surface area contributed by atoms with Crippen molar-refractivity contribution < 1.29 is 31.1 Å². The molecule has 15 heavy (non-hydrogen) atoms. The van der Waals surface area contributed by atoms with Crippen LogP contribution >= 0.6 is 0 Å². The molecule has 0 fully saturated rings. The minimum absolute atomic E-state index is 0.802. The molecule has 0 heterocycles. The summed E-state index contributed by atoms with van der Waals surface area (Å²) in [6, 6.07) is 0. The van der Waals surface area contributed by atoms with E-state index in [0.717, 1.165) is 7.11 Å². The minimum Gasteiger partial charge on any atom is -0.491 e. The number of rotatable bonds is 2. The van der Waals surface area contributed by atoms with E-state index in [-0.39, 0.29) is 0 Å². The van der Waals surface area contributed by atoms with Gasteiger partial charge >= 0.3 is 0 Å². The van der Waals surface area contributed by atoms with Gasteiger partial charge in [-0.1, -0.05) is 0 Å². The van der Waals surface area contributed by atoms with Crippen molar-refractivity contribution in [1.82, 2.24) is 0 Å². The van der Waals surface area contributed by atoms with Gasteiger partial charge in [-0.15, -0.1) is 0 Å². The Balaban J connectivity index is 3.66. The maximum absolute atomic E-state index is 12.9. The third-order valence-corrected chi connectivity index (χ3v) is 2.27. The minimum atomic E-state index is -3.17. The van der Waals surface area contributed by atoms with Gasteiger partial charge in [0.05, 0.1) is 7.11 Å². The van der Waals surface area contributed by atoms with Crippen LogP contribution in [0.5, 0.6) is 5.75 Å². The Morgan fingerprint density at radius 1 is 1.07 bits per heavy atom. The van der Waals surface area contributed by atoms with Crippen LogP contribution in [0.1, 0.15) is 0 Å². The molecule has 1 unspecified atom stereocenters. The standard InChI is InChI=1S/C7H4F4O3S/c1-14-6-2(8)4(10)7(15(12)13)5(11)3(6)9/h1H3,(H,12,13). The van der Waals surface area contributed by atoms with Crippen LogP contribution in [0.4, 0.5) is 17.6 Å². The van der Waals surface area contributed by atoms with E-state index in [1.54, 1.807) is 0 Å². The number of hydrogen-bond donors (Lipinski definition) is 1. The largest absolute Gasteiger partial charge is 0.491 e. The fraction of sp³-hybridized carbons (Fsp3) is 0.143. The van der Waals surface area contributed by atoms with Gasteiger partial charge in [0.2, 0.25) is 11.6 Å². The first kappa shape index (κ1) is 11.9. The van der Waals surface area contributed by atoms with Crippen LogP contribution < -0.4 is 4.74 Å². The van der Waals surface area contributed by atoms with Crippen molar-refractivity contribution in [2.45, 2.75) is 4.90 Å². The smallest absolute Gasteiger partial charge is 0.205 e. The molecule has 1 aromatic carbocycles. The number of methoxy groups -OCH3 is 1. The van der Waals surface area contributed by atoms with Gasteiger partial charge in [-0.2, -0.15) is 8.78 Å². The van der Waals surface area contributed by atoms with Crippen LogP contribution in [-0.4, -0.2) is 15.9 Å². The predicted octanol–water partition coefficient (Wildman–Crippen LogP) is 1.83. The molecule has 0 radical (unpaired) electrons. The van der Waals surface area contributed by atoms with Crippen molar-refractivity contribution in [2.24, 2.45) is 0 Å². The molecule has 0 bridgehead atoms. The topological polar surface area (TPSA) is 46.5 Å². The fourth-order valence-electron chi connectivity index (χ4n) is 0.924. The molecule has 0 aliphatic rings. The molecule has 8 heteroatoms. The molecule has 1 rings (SSSR count). The molecule has 84 valence electrons. The second kappa shape index (κ2) is 4.15. The van der Waals surface area contributed by atoms with E-state index in [0.29, 0.717) is 0 Å². The summed E-state index contributed by atoms with van der Waals surface area (Å²) in [5.41, 5.74) is 0. The number of ether oxygens (including phenoxy) is 1. The first-order valence-corrected chi connectivity index (χ1v) is 4.53.